The molecule has 0 aliphatic rings. The number of anilines is 1. The average Bonchev–Trinajstić information content (AvgIpc) is 2.72. The van der Waals surface area contributed by atoms with Crippen molar-refractivity contribution in [2.24, 2.45) is 0 Å². The van der Waals surface area contributed by atoms with Gasteiger partial charge in [-0.05, 0) is 29.7 Å². The fraction of sp³-hybridized carbons (Fsp3) is 0. The topological polar surface area (TPSA) is 54.9 Å². The van der Waals surface area contributed by atoms with Gasteiger partial charge in [-0.2, -0.15) is 0 Å². The molecule has 1 N–H and O–H groups in total. The third kappa shape index (κ3) is 1.94. The Bertz CT molecular complexity index is 413. The third-order valence-electron chi connectivity index (χ3n) is 1.58. The molecule has 5 heteroatoms. The average molecular weight is 205 g/mol. The Kier molecular flexibility index (Phi) is 2.51. The molecule has 0 aliphatic carbocycles. The predicted octanol–water partition coefficient (Wildman–Crippen LogP) is 1.79. The lowest BCUT2D eigenvalue weighted by Gasteiger charge is -2.00. The van der Waals surface area contributed by atoms with Crippen LogP contribution in [0.15, 0.2) is 36.8 Å². The van der Waals surface area contributed by atoms with Crippen molar-refractivity contribution in [1.82, 2.24) is 9.36 Å². The fourth-order valence-electron chi connectivity index (χ4n) is 0.962. The van der Waals surface area contributed by atoms with Gasteiger partial charge in [-0.15, -0.1) is 0 Å². The SMILES string of the molecule is O=C(Nc1cccnc1)c1ccns1. The number of aromatic nitrogens is 2. The maximum absolute atomic E-state index is 11.5. The van der Waals surface area contributed by atoms with Crippen molar-refractivity contribution in [2.75, 3.05) is 5.32 Å². The van der Waals surface area contributed by atoms with Gasteiger partial charge in [0.1, 0.15) is 4.88 Å². The second-order valence-corrected chi connectivity index (χ2v) is 3.41. The van der Waals surface area contributed by atoms with Gasteiger partial charge in [-0.3, -0.25) is 9.78 Å². The molecule has 0 saturated heterocycles. The van der Waals surface area contributed by atoms with Gasteiger partial charge in [0, 0.05) is 12.4 Å². The molecule has 0 unspecified atom stereocenters. The van der Waals surface area contributed by atoms with Gasteiger partial charge in [-0.1, -0.05) is 0 Å². The largest absolute Gasteiger partial charge is 0.320 e. The van der Waals surface area contributed by atoms with E-state index in [1.54, 1.807) is 36.8 Å². The lowest BCUT2D eigenvalue weighted by atomic mass is 10.4. The highest BCUT2D eigenvalue weighted by Crippen LogP contribution is 2.09. The second-order valence-electron chi connectivity index (χ2n) is 2.57. The summed E-state index contributed by atoms with van der Waals surface area (Å²) in [6.07, 6.45) is 4.85. The first-order chi connectivity index (χ1) is 6.86. The highest BCUT2D eigenvalue weighted by Gasteiger charge is 2.06. The van der Waals surface area contributed by atoms with E-state index in [4.69, 9.17) is 0 Å². The number of carbonyl (C=O) groups excluding carboxylic acids is 1. The zero-order chi connectivity index (χ0) is 9.80. The molecule has 0 aromatic carbocycles. The van der Waals surface area contributed by atoms with Crippen LogP contribution in [-0.4, -0.2) is 15.3 Å². The zero-order valence-electron chi connectivity index (χ0n) is 7.18. The minimum Gasteiger partial charge on any atom is -0.320 e. The van der Waals surface area contributed by atoms with E-state index in [0.29, 0.717) is 10.6 Å². The first-order valence-corrected chi connectivity index (χ1v) is 4.75. The molecule has 14 heavy (non-hydrogen) atoms. The molecular weight excluding hydrogens is 198 g/mol. The third-order valence-corrected chi connectivity index (χ3v) is 2.33. The zero-order valence-corrected chi connectivity index (χ0v) is 7.99. The number of pyridine rings is 1. The Morgan fingerprint density at radius 1 is 1.36 bits per heavy atom. The summed E-state index contributed by atoms with van der Waals surface area (Å²) >= 11 is 1.17. The fourth-order valence-corrected chi connectivity index (χ4v) is 1.45. The van der Waals surface area contributed by atoms with Gasteiger partial charge >= 0.3 is 0 Å². The van der Waals surface area contributed by atoms with Crippen molar-refractivity contribution in [1.29, 1.82) is 0 Å². The first-order valence-electron chi connectivity index (χ1n) is 3.98. The molecule has 0 spiro atoms. The van der Waals surface area contributed by atoms with Crippen LogP contribution in [0.4, 0.5) is 5.69 Å². The van der Waals surface area contributed by atoms with Crippen LogP contribution in [0.2, 0.25) is 0 Å². The minimum absolute atomic E-state index is 0.152. The van der Waals surface area contributed by atoms with E-state index in [1.165, 1.54) is 11.5 Å². The summed E-state index contributed by atoms with van der Waals surface area (Å²) in [5.41, 5.74) is 0.686. The second kappa shape index (κ2) is 3.97. The van der Waals surface area contributed by atoms with E-state index < -0.39 is 0 Å². The van der Waals surface area contributed by atoms with Crippen molar-refractivity contribution in [3.8, 4) is 0 Å². The summed E-state index contributed by atoms with van der Waals surface area (Å²) in [6, 6.07) is 5.23. The Hall–Kier alpha value is -1.75. The van der Waals surface area contributed by atoms with Gasteiger partial charge < -0.3 is 5.32 Å². The maximum Gasteiger partial charge on any atom is 0.267 e. The standard InChI is InChI=1S/C9H7N3OS/c13-9(8-3-5-11-14-8)12-7-2-1-4-10-6-7/h1-6H,(H,12,13). The van der Waals surface area contributed by atoms with Gasteiger partial charge in [0.25, 0.3) is 5.91 Å². The molecule has 0 atom stereocenters. The molecule has 2 aromatic rings. The van der Waals surface area contributed by atoms with Crippen LogP contribution in [-0.2, 0) is 0 Å². The van der Waals surface area contributed by atoms with Crippen molar-refractivity contribution in [3.63, 3.8) is 0 Å². The molecule has 0 bridgehead atoms. The van der Waals surface area contributed by atoms with Gasteiger partial charge in [-0.25, -0.2) is 4.37 Å². The quantitative estimate of drug-likeness (QED) is 0.813. The summed E-state index contributed by atoms with van der Waals surface area (Å²) in [7, 11) is 0. The molecule has 1 amide bonds. The predicted molar refractivity (Wildman–Crippen MR) is 54.3 cm³/mol. The molecule has 4 nitrogen and oxygen atoms in total. The molecular formula is C9H7N3OS. The molecule has 2 aromatic heterocycles. The van der Waals surface area contributed by atoms with Crippen LogP contribution in [0, 0.1) is 0 Å². The summed E-state index contributed by atoms with van der Waals surface area (Å²) < 4.78 is 3.85. The summed E-state index contributed by atoms with van der Waals surface area (Å²) in [5, 5.41) is 2.71. The Balaban J connectivity index is 2.10. The van der Waals surface area contributed by atoms with Crippen LogP contribution < -0.4 is 5.32 Å². The van der Waals surface area contributed by atoms with Crippen molar-refractivity contribution >= 4 is 23.1 Å². The summed E-state index contributed by atoms with van der Waals surface area (Å²) in [5.74, 6) is -0.152. The van der Waals surface area contributed by atoms with Crippen LogP contribution in [0.3, 0.4) is 0 Å². The van der Waals surface area contributed by atoms with Crippen LogP contribution >= 0.6 is 11.5 Å². The van der Waals surface area contributed by atoms with E-state index >= 15 is 0 Å². The van der Waals surface area contributed by atoms with E-state index in [0.717, 1.165) is 0 Å². The summed E-state index contributed by atoms with van der Waals surface area (Å²) in [6.45, 7) is 0. The number of carbonyl (C=O) groups is 1. The van der Waals surface area contributed by atoms with Gasteiger partial charge in [0.15, 0.2) is 0 Å². The van der Waals surface area contributed by atoms with E-state index in [-0.39, 0.29) is 5.91 Å². The normalized spacial score (nSPS) is 9.71. The molecule has 70 valence electrons. The molecule has 2 heterocycles. The number of nitrogens with one attached hydrogen (secondary N) is 1. The lowest BCUT2D eigenvalue weighted by Crippen LogP contribution is -2.09. The molecule has 2 rings (SSSR count). The van der Waals surface area contributed by atoms with Crippen LogP contribution in [0.25, 0.3) is 0 Å². The maximum atomic E-state index is 11.5. The van der Waals surface area contributed by atoms with Crippen molar-refractivity contribution in [2.45, 2.75) is 0 Å². The number of amides is 1. The highest BCUT2D eigenvalue weighted by molar-refractivity contribution is 7.08. The monoisotopic (exact) mass is 205 g/mol. The van der Waals surface area contributed by atoms with E-state index in [1.807, 2.05) is 0 Å². The molecule has 0 fully saturated rings. The lowest BCUT2D eigenvalue weighted by molar-refractivity contribution is 0.103. The van der Waals surface area contributed by atoms with Gasteiger partial charge in [0.05, 0.1) is 11.9 Å². The number of rotatable bonds is 2. The Labute approximate surface area is 84.8 Å². The first kappa shape index (κ1) is 8.83. The van der Waals surface area contributed by atoms with E-state index in [9.17, 15) is 4.79 Å². The molecule has 0 aliphatic heterocycles. The Morgan fingerprint density at radius 2 is 2.29 bits per heavy atom. The smallest absolute Gasteiger partial charge is 0.267 e. The Morgan fingerprint density at radius 3 is 2.93 bits per heavy atom. The van der Waals surface area contributed by atoms with Crippen LogP contribution in [0.5, 0.6) is 0 Å². The number of nitrogens with zero attached hydrogens (tertiary/aromatic N) is 2. The van der Waals surface area contributed by atoms with Crippen LogP contribution in [0.1, 0.15) is 9.67 Å². The van der Waals surface area contributed by atoms with Crippen molar-refractivity contribution in [3.05, 3.63) is 41.7 Å². The highest BCUT2D eigenvalue weighted by atomic mass is 32.1. The summed E-state index contributed by atoms with van der Waals surface area (Å²) in [4.78, 5) is 16.0. The van der Waals surface area contributed by atoms with E-state index in [2.05, 4.69) is 14.7 Å². The van der Waals surface area contributed by atoms with Crippen molar-refractivity contribution < 1.29 is 4.79 Å². The molecule has 0 saturated carbocycles. The molecule has 0 radical (unpaired) electrons. The van der Waals surface area contributed by atoms with Gasteiger partial charge in [0.2, 0.25) is 0 Å². The number of hydrogen-bond acceptors (Lipinski definition) is 4. The minimum atomic E-state index is -0.152. The number of hydrogen-bond donors (Lipinski definition) is 1.